The number of H-pyrrole nitrogens is 1. The van der Waals surface area contributed by atoms with Crippen molar-refractivity contribution in [1.29, 1.82) is 0 Å². The number of nitrogens with one attached hydrogen (secondary N) is 1. The summed E-state index contributed by atoms with van der Waals surface area (Å²) < 4.78 is 5.78. The number of rotatable bonds is 4. The van der Waals surface area contributed by atoms with Gasteiger partial charge < -0.3 is 14.8 Å². The van der Waals surface area contributed by atoms with Crippen LogP contribution in [0.5, 0.6) is 5.75 Å². The van der Waals surface area contributed by atoms with Crippen LogP contribution in [-0.2, 0) is 6.61 Å². The van der Waals surface area contributed by atoms with E-state index in [9.17, 15) is 9.90 Å². The number of carbonyl (C=O) groups is 1. The quantitative estimate of drug-likeness (QED) is 0.765. The molecular formula is C17H15NO3. The Kier molecular flexibility index (Phi) is 3.36. The number of aromatic amines is 1. The summed E-state index contributed by atoms with van der Waals surface area (Å²) in [6.07, 6.45) is 0. The van der Waals surface area contributed by atoms with E-state index < -0.39 is 5.97 Å². The van der Waals surface area contributed by atoms with Crippen LogP contribution in [0.25, 0.3) is 10.9 Å². The predicted molar refractivity (Wildman–Crippen MR) is 80.8 cm³/mol. The van der Waals surface area contributed by atoms with Crippen LogP contribution in [0, 0.1) is 6.92 Å². The van der Waals surface area contributed by atoms with Crippen molar-refractivity contribution < 1.29 is 14.6 Å². The smallest absolute Gasteiger partial charge is 0.356 e. The molecule has 4 nitrogen and oxygen atoms in total. The Morgan fingerprint density at radius 2 is 1.95 bits per heavy atom. The van der Waals surface area contributed by atoms with E-state index in [1.54, 1.807) is 0 Å². The zero-order chi connectivity index (χ0) is 14.8. The van der Waals surface area contributed by atoms with E-state index in [-0.39, 0.29) is 5.69 Å². The van der Waals surface area contributed by atoms with Crippen molar-refractivity contribution in [1.82, 2.24) is 4.98 Å². The number of carboxylic acids is 1. The molecule has 2 aromatic carbocycles. The summed E-state index contributed by atoms with van der Waals surface area (Å²) in [5.74, 6) is -0.628. The van der Waals surface area contributed by atoms with Crippen LogP contribution in [0.4, 0.5) is 0 Å². The van der Waals surface area contributed by atoms with Gasteiger partial charge in [0, 0.05) is 10.9 Å². The minimum absolute atomic E-state index is 0.0894. The van der Waals surface area contributed by atoms with Crippen LogP contribution in [0.15, 0.2) is 48.5 Å². The largest absolute Gasteiger partial charge is 0.486 e. The molecule has 21 heavy (non-hydrogen) atoms. The van der Waals surface area contributed by atoms with Gasteiger partial charge in [-0.2, -0.15) is 0 Å². The molecule has 4 heteroatoms. The molecule has 0 aliphatic rings. The lowest BCUT2D eigenvalue weighted by atomic mass is 10.1. The second-order valence-electron chi connectivity index (χ2n) is 4.96. The van der Waals surface area contributed by atoms with Gasteiger partial charge in [-0.15, -0.1) is 0 Å². The highest BCUT2D eigenvalue weighted by Gasteiger charge is 2.18. The number of fused-ring (bicyclic) bond motifs is 1. The maximum atomic E-state index is 11.4. The first-order valence-corrected chi connectivity index (χ1v) is 6.67. The number of hydrogen-bond acceptors (Lipinski definition) is 2. The molecule has 3 rings (SSSR count). The number of aromatic nitrogens is 1. The lowest BCUT2D eigenvalue weighted by Crippen LogP contribution is -2.02. The highest BCUT2D eigenvalue weighted by atomic mass is 16.5. The summed E-state index contributed by atoms with van der Waals surface area (Å²) in [7, 11) is 0. The lowest BCUT2D eigenvalue weighted by Gasteiger charge is -2.06. The van der Waals surface area contributed by atoms with Crippen molar-refractivity contribution in [2.24, 2.45) is 0 Å². The summed E-state index contributed by atoms with van der Waals surface area (Å²) in [6.45, 7) is 2.30. The highest BCUT2D eigenvalue weighted by Crippen LogP contribution is 2.31. The van der Waals surface area contributed by atoms with Crippen LogP contribution < -0.4 is 4.74 Å². The molecule has 0 radical (unpaired) electrons. The first-order valence-electron chi connectivity index (χ1n) is 6.67. The molecule has 0 aliphatic carbocycles. The van der Waals surface area contributed by atoms with Crippen LogP contribution in [0.1, 0.15) is 21.6 Å². The minimum Gasteiger partial charge on any atom is -0.486 e. The van der Waals surface area contributed by atoms with Gasteiger partial charge in [0.2, 0.25) is 0 Å². The fourth-order valence-electron chi connectivity index (χ4n) is 2.31. The zero-order valence-electron chi connectivity index (χ0n) is 11.6. The van der Waals surface area contributed by atoms with E-state index in [1.165, 1.54) is 0 Å². The standard InChI is InChI=1S/C17H15NO3/c1-11-7-8-14-13(9-11)16(15(18-14)17(19)20)21-10-12-5-3-2-4-6-12/h2-9,18H,10H2,1H3,(H,19,20). The normalized spacial score (nSPS) is 10.7. The van der Waals surface area contributed by atoms with Gasteiger partial charge in [-0.05, 0) is 24.6 Å². The predicted octanol–water partition coefficient (Wildman–Crippen LogP) is 3.75. The van der Waals surface area contributed by atoms with E-state index in [0.717, 1.165) is 22.0 Å². The van der Waals surface area contributed by atoms with Gasteiger partial charge in [0.25, 0.3) is 0 Å². The molecule has 0 spiro atoms. The van der Waals surface area contributed by atoms with Crippen molar-refractivity contribution in [3.05, 3.63) is 65.4 Å². The average molecular weight is 281 g/mol. The molecule has 0 aliphatic heterocycles. The third-order valence-corrected chi connectivity index (χ3v) is 3.35. The van der Waals surface area contributed by atoms with Crippen molar-refractivity contribution in [3.63, 3.8) is 0 Å². The number of hydrogen-bond donors (Lipinski definition) is 2. The van der Waals surface area contributed by atoms with Gasteiger partial charge in [0.1, 0.15) is 6.61 Å². The Labute approximate surface area is 122 Å². The molecule has 0 unspecified atom stereocenters. The Morgan fingerprint density at radius 1 is 1.19 bits per heavy atom. The molecule has 106 valence electrons. The van der Waals surface area contributed by atoms with Crippen molar-refractivity contribution in [2.75, 3.05) is 0 Å². The Morgan fingerprint density at radius 3 is 2.67 bits per heavy atom. The fourth-order valence-corrected chi connectivity index (χ4v) is 2.31. The van der Waals surface area contributed by atoms with Gasteiger partial charge >= 0.3 is 5.97 Å². The SMILES string of the molecule is Cc1ccc2[nH]c(C(=O)O)c(OCc3ccccc3)c2c1. The van der Waals surface area contributed by atoms with Crippen molar-refractivity contribution in [2.45, 2.75) is 13.5 Å². The first kappa shape index (κ1) is 13.2. The number of carboxylic acid groups (broad SMARTS) is 1. The van der Waals surface area contributed by atoms with Crippen LogP contribution >= 0.6 is 0 Å². The lowest BCUT2D eigenvalue weighted by molar-refractivity contribution is 0.0686. The summed E-state index contributed by atoms with van der Waals surface area (Å²) in [5.41, 5.74) is 2.91. The zero-order valence-corrected chi connectivity index (χ0v) is 11.6. The molecule has 1 aromatic heterocycles. The Bertz CT molecular complexity index is 790. The van der Waals surface area contributed by atoms with E-state index in [4.69, 9.17) is 4.74 Å². The molecule has 0 bridgehead atoms. The van der Waals surface area contributed by atoms with Gasteiger partial charge in [-0.25, -0.2) is 4.79 Å². The van der Waals surface area contributed by atoms with Crippen LogP contribution in [-0.4, -0.2) is 16.1 Å². The van der Waals surface area contributed by atoms with Gasteiger partial charge in [0.15, 0.2) is 11.4 Å². The number of ether oxygens (including phenoxy) is 1. The molecule has 3 aromatic rings. The first-order chi connectivity index (χ1) is 10.1. The number of aromatic carboxylic acids is 1. The van der Waals surface area contributed by atoms with E-state index in [1.807, 2.05) is 55.5 Å². The molecule has 2 N–H and O–H groups in total. The van der Waals surface area contributed by atoms with E-state index >= 15 is 0 Å². The van der Waals surface area contributed by atoms with E-state index in [2.05, 4.69) is 4.98 Å². The summed E-state index contributed by atoms with van der Waals surface area (Å²) in [6, 6.07) is 15.4. The number of benzene rings is 2. The Hall–Kier alpha value is -2.75. The number of aryl methyl sites for hydroxylation is 1. The third kappa shape index (κ3) is 2.60. The second-order valence-corrected chi connectivity index (χ2v) is 4.96. The maximum absolute atomic E-state index is 11.4. The molecule has 1 heterocycles. The van der Waals surface area contributed by atoms with Crippen molar-refractivity contribution >= 4 is 16.9 Å². The third-order valence-electron chi connectivity index (χ3n) is 3.35. The van der Waals surface area contributed by atoms with Gasteiger partial charge in [-0.1, -0.05) is 42.0 Å². The topological polar surface area (TPSA) is 62.3 Å². The molecule has 0 saturated heterocycles. The minimum atomic E-state index is -1.02. The molecule has 0 fully saturated rings. The average Bonchev–Trinajstić information content (AvgIpc) is 2.84. The van der Waals surface area contributed by atoms with Crippen LogP contribution in [0.3, 0.4) is 0 Å². The highest BCUT2D eigenvalue weighted by molar-refractivity contribution is 6.00. The van der Waals surface area contributed by atoms with Crippen LogP contribution in [0.2, 0.25) is 0 Å². The maximum Gasteiger partial charge on any atom is 0.356 e. The fraction of sp³-hybridized carbons (Fsp3) is 0.118. The summed E-state index contributed by atoms with van der Waals surface area (Å²) >= 11 is 0. The van der Waals surface area contributed by atoms with Gasteiger partial charge in [-0.3, -0.25) is 0 Å². The summed E-state index contributed by atoms with van der Waals surface area (Å²) in [4.78, 5) is 14.3. The molecule has 0 atom stereocenters. The molecule has 0 saturated carbocycles. The molecular weight excluding hydrogens is 266 g/mol. The Balaban J connectivity index is 2.00. The second kappa shape index (κ2) is 5.32. The monoisotopic (exact) mass is 281 g/mol. The van der Waals surface area contributed by atoms with E-state index in [0.29, 0.717) is 12.4 Å². The van der Waals surface area contributed by atoms with Crippen molar-refractivity contribution in [3.8, 4) is 5.75 Å². The summed E-state index contributed by atoms with van der Waals surface area (Å²) in [5, 5.41) is 10.1. The molecule has 0 amide bonds. The van der Waals surface area contributed by atoms with Gasteiger partial charge in [0.05, 0.1) is 0 Å².